The van der Waals surface area contributed by atoms with Crippen LogP contribution < -0.4 is 5.32 Å². The average Bonchev–Trinajstić information content (AvgIpc) is 3.06. The lowest BCUT2D eigenvalue weighted by atomic mass is 10.1. The summed E-state index contributed by atoms with van der Waals surface area (Å²) in [4.78, 5) is 27.4. The lowest BCUT2D eigenvalue weighted by molar-refractivity contribution is -0.134. The molecule has 5 nitrogen and oxygen atoms in total. The van der Waals surface area contributed by atoms with E-state index in [1.807, 2.05) is 4.90 Å². The number of amides is 2. The summed E-state index contributed by atoms with van der Waals surface area (Å²) in [6, 6.07) is 8.75. The minimum atomic E-state index is -0.135. The quantitative estimate of drug-likeness (QED) is 0.875. The Balaban J connectivity index is 1.41. The largest absolute Gasteiger partial charge is 0.508 e. The fraction of sp³-hybridized carbons (Fsp3) is 0.333. The second-order valence-electron chi connectivity index (χ2n) is 5.88. The average molecular weight is 344 g/mol. The zero-order valence-electron chi connectivity index (χ0n) is 13.3. The summed E-state index contributed by atoms with van der Waals surface area (Å²) < 4.78 is 0. The number of hydrogen-bond donors (Lipinski definition) is 2. The van der Waals surface area contributed by atoms with Gasteiger partial charge in [-0.25, -0.2) is 0 Å². The molecule has 1 aromatic heterocycles. The van der Waals surface area contributed by atoms with Crippen molar-refractivity contribution in [3.63, 3.8) is 0 Å². The van der Waals surface area contributed by atoms with Crippen LogP contribution in [0.5, 0.6) is 5.75 Å². The highest BCUT2D eigenvalue weighted by Gasteiger charge is 2.21. The zero-order chi connectivity index (χ0) is 16.9. The van der Waals surface area contributed by atoms with Gasteiger partial charge >= 0.3 is 0 Å². The second kappa shape index (κ2) is 7.49. The lowest BCUT2D eigenvalue weighted by Crippen LogP contribution is -2.36. The summed E-state index contributed by atoms with van der Waals surface area (Å²) in [7, 11) is 0. The molecule has 2 aromatic rings. The molecule has 6 heteroatoms. The van der Waals surface area contributed by atoms with Crippen molar-refractivity contribution in [2.75, 3.05) is 6.54 Å². The highest BCUT2D eigenvalue weighted by atomic mass is 32.1. The van der Waals surface area contributed by atoms with E-state index in [0.717, 1.165) is 18.5 Å². The van der Waals surface area contributed by atoms with E-state index in [1.54, 1.807) is 35.6 Å². The molecule has 3 rings (SSSR count). The van der Waals surface area contributed by atoms with Crippen molar-refractivity contribution in [2.24, 2.45) is 0 Å². The van der Waals surface area contributed by atoms with Crippen LogP contribution >= 0.6 is 11.3 Å². The molecular formula is C18H20N2O3S. The van der Waals surface area contributed by atoms with Crippen molar-refractivity contribution >= 4 is 23.2 Å². The molecule has 0 fully saturated rings. The van der Waals surface area contributed by atoms with Gasteiger partial charge in [-0.3, -0.25) is 9.59 Å². The summed E-state index contributed by atoms with van der Waals surface area (Å²) in [5.74, 6) is 0.0993. The Morgan fingerprint density at radius 1 is 1.17 bits per heavy atom. The molecule has 0 saturated heterocycles. The number of hydrogen-bond acceptors (Lipinski definition) is 4. The molecule has 0 unspecified atom stereocenters. The Morgan fingerprint density at radius 3 is 2.75 bits per heavy atom. The van der Waals surface area contributed by atoms with Gasteiger partial charge in [-0.2, -0.15) is 0 Å². The van der Waals surface area contributed by atoms with Gasteiger partial charge in [0.05, 0.1) is 0 Å². The van der Waals surface area contributed by atoms with Gasteiger partial charge < -0.3 is 15.3 Å². The first kappa shape index (κ1) is 16.5. The minimum Gasteiger partial charge on any atom is -0.508 e. The van der Waals surface area contributed by atoms with Gasteiger partial charge in [0.25, 0.3) is 0 Å². The van der Waals surface area contributed by atoms with Crippen LogP contribution in [0.1, 0.15) is 28.8 Å². The van der Waals surface area contributed by atoms with Gasteiger partial charge in [0.2, 0.25) is 11.8 Å². The summed E-state index contributed by atoms with van der Waals surface area (Å²) in [5, 5.41) is 14.1. The summed E-state index contributed by atoms with van der Waals surface area (Å²) in [6.45, 7) is 1.80. The fourth-order valence-corrected chi connectivity index (χ4v) is 3.63. The number of aromatic hydroxyl groups is 1. The van der Waals surface area contributed by atoms with E-state index < -0.39 is 0 Å². The van der Waals surface area contributed by atoms with Crippen molar-refractivity contribution < 1.29 is 14.7 Å². The van der Waals surface area contributed by atoms with Gasteiger partial charge in [-0.15, -0.1) is 11.3 Å². The number of fused-ring (bicyclic) bond motifs is 1. The van der Waals surface area contributed by atoms with Gasteiger partial charge in [-0.05, 0) is 41.1 Å². The number of rotatable bonds is 5. The molecule has 2 N–H and O–H groups in total. The molecule has 24 heavy (non-hydrogen) atoms. The van der Waals surface area contributed by atoms with Crippen LogP contribution in [0.25, 0.3) is 0 Å². The summed E-state index contributed by atoms with van der Waals surface area (Å²) >= 11 is 1.74. The van der Waals surface area contributed by atoms with Gasteiger partial charge in [0, 0.05) is 37.4 Å². The Labute approximate surface area is 144 Å². The molecule has 126 valence electrons. The van der Waals surface area contributed by atoms with Crippen molar-refractivity contribution in [2.45, 2.75) is 32.4 Å². The second-order valence-corrected chi connectivity index (χ2v) is 6.88. The van der Waals surface area contributed by atoms with Crippen LogP contribution in [0.15, 0.2) is 35.7 Å². The number of phenolic OH excluding ortho intramolecular Hbond substituents is 1. The van der Waals surface area contributed by atoms with Crippen LogP contribution in [0.4, 0.5) is 0 Å². The SMILES string of the molecule is O=C(CCC(=O)N1CCc2sccc2C1)NCc1ccc(O)cc1. The number of nitrogens with zero attached hydrogens (tertiary/aromatic N) is 1. The van der Waals surface area contributed by atoms with Crippen LogP contribution in [-0.4, -0.2) is 28.4 Å². The van der Waals surface area contributed by atoms with E-state index >= 15 is 0 Å². The molecule has 0 saturated carbocycles. The number of benzene rings is 1. The molecule has 0 aliphatic carbocycles. The highest BCUT2D eigenvalue weighted by Crippen LogP contribution is 2.24. The third kappa shape index (κ3) is 4.14. The van der Waals surface area contributed by atoms with E-state index in [0.29, 0.717) is 13.1 Å². The maximum atomic E-state index is 12.3. The zero-order valence-corrected chi connectivity index (χ0v) is 14.1. The maximum absolute atomic E-state index is 12.3. The molecule has 0 spiro atoms. The third-order valence-corrected chi connectivity index (χ3v) is 5.18. The van der Waals surface area contributed by atoms with Gasteiger partial charge in [-0.1, -0.05) is 12.1 Å². The fourth-order valence-electron chi connectivity index (χ4n) is 2.74. The Kier molecular flexibility index (Phi) is 5.15. The first-order chi connectivity index (χ1) is 11.6. The first-order valence-corrected chi connectivity index (χ1v) is 8.87. The number of nitrogens with one attached hydrogen (secondary N) is 1. The summed E-state index contributed by atoms with van der Waals surface area (Å²) in [6.07, 6.45) is 1.34. The number of phenols is 1. The number of carbonyl (C=O) groups is 2. The smallest absolute Gasteiger partial charge is 0.223 e. The van der Waals surface area contributed by atoms with Gasteiger partial charge in [0.15, 0.2) is 0 Å². The maximum Gasteiger partial charge on any atom is 0.223 e. The van der Waals surface area contributed by atoms with Crippen LogP contribution in [-0.2, 0) is 29.1 Å². The van der Waals surface area contributed by atoms with Crippen LogP contribution in [0.2, 0.25) is 0 Å². The predicted octanol–water partition coefficient (Wildman–Crippen LogP) is 2.44. The number of thiophene rings is 1. The monoisotopic (exact) mass is 344 g/mol. The standard InChI is InChI=1S/C18H20N2O3S/c21-15-3-1-13(2-4-15)11-19-17(22)5-6-18(23)20-9-7-16-14(12-20)8-10-24-16/h1-4,8,10,21H,5-7,9,11-12H2,(H,19,22). The summed E-state index contributed by atoms with van der Waals surface area (Å²) in [5.41, 5.74) is 2.14. The van der Waals surface area contributed by atoms with E-state index in [2.05, 4.69) is 16.8 Å². The van der Waals surface area contributed by atoms with Gasteiger partial charge in [0.1, 0.15) is 5.75 Å². The Bertz CT molecular complexity index is 724. The molecule has 0 atom stereocenters. The minimum absolute atomic E-state index is 0.0339. The van der Waals surface area contributed by atoms with Crippen LogP contribution in [0.3, 0.4) is 0 Å². The molecule has 0 radical (unpaired) electrons. The predicted molar refractivity (Wildman–Crippen MR) is 92.6 cm³/mol. The lowest BCUT2D eigenvalue weighted by Gasteiger charge is -2.27. The molecule has 0 bridgehead atoms. The van der Waals surface area contributed by atoms with E-state index in [-0.39, 0.29) is 30.4 Å². The molecular weight excluding hydrogens is 324 g/mol. The molecule has 1 aliphatic heterocycles. The highest BCUT2D eigenvalue weighted by molar-refractivity contribution is 7.10. The van der Waals surface area contributed by atoms with E-state index in [9.17, 15) is 14.7 Å². The van der Waals surface area contributed by atoms with Crippen molar-refractivity contribution in [3.05, 3.63) is 51.7 Å². The van der Waals surface area contributed by atoms with E-state index in [1.165, 1.54) is 10.4 Å². The van der Waals surface area contributed by atoms with Crippen molar-refractivity contribution in [3.8, 4) is 5.75 Å². The number of carbonyl (C=O) groups excluding carboxylic acids is 2. The van der Waals surface area contributed by atoms with Crippen LogP contribution in [0, 0.1) is 0 Å². The van der Waals surface area contributed by atoms with E-state index in [4.69, 9.17) is 0 Å². The Morgan fingerprint density at radius 2 is 1.96 bits per heavy atom. The third-order valence-electron chi connectivity index (χ3n) is 4.15. The van der Waals surface area contributed by atoms with Crippen molar-refractivity contribution in [1.29, 1.82) is 0 Å². The molecule has 2 heterocycles. The normalized spacial score (nSPS) is 13.4. The van der Waals surface area contributed by atoms with Crippen molar-refractivity contribution in [1.82, 2.24) is 10.2 Å². The molecule has 1 aliphatic rings. The molecule has 2 amide bonds. The Hall–Kier alpha value is -2.34. The molecule has 1 aromatic carbocycles. The topological polar surface area (TPSA) is 69.6 Å². The first-order valence-electron chi connectivity index (χ1n) is 7.99.